The monoisotopic (exact) mass is 440 g/mol. The minimum absolute atomic E-state index is 0.237. The lowest BCUT2D eigenvalue weighted by atomic mass is 9.99. The molecule has 0 spiro atoms. The van der Waals surface area contributed by atoms with Crippen LogP contribution in [0.5, 0.6) is 5.75 Å². The fourth-order valence-corrected chi connectivity index (χ4v) is 3.51. The third kappa shape index (κ3) is 4.79. The van der Waals surface area contributed by atoms with Crippen LogP contribution in [0.1, 0.15) is 22.9 Å². The molecule has 160 valence electrons. The first-order chi connectivity index (χ1) is 14.1. The van der Waals surface area contributed by atoms with Crippen molar-refractivity contribution in [2.75, 3.05) is 5.32 Å². The zero-order valence-corrected chi connectivity index (χ0v) is 16.9. The molecule has 0 radical (unpaired) electrons. The van der Waals surface area contributed by atoms with Crippen molar-refractivity contribution in [1.29, 1.82) is 0 Å². The van der Waals surface area contributed by atoms with E-state index in [2.05, 4.69) is 15.3 Å². The second-order valence-corrected chi connectivity index (χ2v) is 7.50. The normalized spacial score (nSPS) is 13.7. The molecule has 2 N–H and O–H groups in total. The standard InChI is InChI=1S/C19H19F3N4O3S/c1-12-11-30-17(24-12)18(28,19(20,21)22)9-16(27)25-13-3-5-14(6-4-13)29-10-15-23-7-8-26(15)2/h3-8,11,28H,9-10H2,1-2H3,(H,25,27). The third-order valence-electron chi connectivity index (χ3n) is 4.29. The van der Waals surface area contributed by atoms with Crippen molar-refractivity contribution in [2.45, 2.75) is 31.7 Å². The zero-order valence-electron chi connectivity index (χ0n) is 16.1. The van der Waals surface area contributed by atoms with E-state index in [4.69, 9.17) is 4.74 Å². The van der Waals surface area contributed by atoms with E-state index in [0.29, 0.717) is 22.8 Å². The number of nitrogens with one attached hydrogen (secondary N) is 1. The Morgan fingerprint density at radius 2 is 2.00 bits per heavy atom. The molecule has 1 aromatic carbocycles. The lowest BCUT2D eigenvalue weighted by molar-refractivity contribution is -0.266. The highest BCUT2D eigenvalue weighted by Crippen LogP contribution is 2.43. The summed E-state index contributed by atoms with van der Waals surface area (Å²) in [5.74, 6) is 0.224. The van der Waals surface area contributed by atoms with Crippen molar-refractivity contribution in [3.05, 3.63) is 58.6 Å². The molecule has 2 aromatic heterocycles. The summed E-state index contributed by atoms with van der Waals surface area (Å²) in [5, 5.41) is 13.4. The van der Waals surface area contributed by atoms with Gasteiger partial charge in [0.05, 0.1) is 6.42 Å². The summed E-state index contributed by atoms with van der Waals surface area (Å²) in [6.07, 6.45) is -2.84. The van der Waals surface area contributed by atoms with E-state index in [1.165, 1.54) is 24.4 Å². The Labute approximate surface area is 174 Å². The number of benzene rings is 1. The van der Waals surface area contributed by atoms with Gasteiger partial charge in [-0.3, -0.25) is 4.79 Å². The van der Waals surface area contributed by atoms with Gasteiger partial charge in [0.25, 0.3) is 0 Å². The number of nitrogens with zero attached hydrogens (tertiary/aromatic N) is 3. The SMILES string of the molecule is Cc1csc(C(O)(CC(=O)Nc2ccc(OCc3nccn3C)cc2)C(F)(F)F)n1. The van der Waals surface area contributed by atoms with Crippen molar-refractivity contribution in [3.63, 3.8) is 0 Å². The highest BCUT2D eigenvalue weighted by atomic mass is 32.1. The molecule has 0 saturated carbocycles. The molecule has 1 atom stereocenters. The van der Waals surface area contributed by atoms with Gasteiger partial charge in [0.1, 0.15) is 23.2 Å². The van der Waals surface area contributed by atoms with Gasteiger partial charge in [0.2, 0.25) is 11.5 Å². The van der Waals surface area contributed by atoms with Gasteiger partial charge in [0, 0.05) is 36.2 Å². The molecule has 0 fully saturated rings. The fraction of sp³-hybridized carbons (Fsp3) is 0.316. The molecule has 0 saturated heterocycles. The van der Waals surface area contributed by atoms with Gasteiger partial charge in [-0.2, -0.15) is 13.2 Å². The largest absolute Gasteiger partial charge is 0.486 e. The third-order valence-corrected chi connectivity index (χ3v) is 5.40. The van der Waals surface area contributed by atoms with Gasteiger partial charge in [-0.1, -0.05) is 0 Å². The van der Waals surface area contributed by atoms with Crippen LogP contribution in [0.2, 0.25) is 0 Å². The molecule has 7 nitrogen and oxygen atoms in total. The number of carbonyl (C=O) groups excluding carboxylic acids is 1. The Hall–Kier alpha value is -2.92. The molecule has 0 aliphatic rings. The van der Waals surface area contributed by atoms with Crippen LogP contribution >= 0.6 is 11.3 Å². The molecule has 1 unspecified atom stereocenters. The number of hydrogen-bond acceptors (Lipinski definition) is 6. The highest BCUT2D eigenvalue weighted by molar-refractivity contribution is 7.09. The summed E-state index contributed by atoms with van der Waals surface area (Å²) in [7, 11) is 1.83. The number of thiazole rings is 1. The van der Waals surface area contributed by atoms with Crippen LogP contribution < -0.4 is 10.1 Å². The molecule has 0 bridgehead atoms. The van der Waals surface area contributed by atoms with Crippen LogP contribution in [0.25, 0.3) is 0 Å². The predicted molar refractivity (Wildman–Crippen MR) is 104 cm³/mol. The summed E-state index contributed by atoms with van der Waals surface area (Å²) in [4.78, 5) is 20.1. The van der Waals surface area contributed by atoms with Gasteiger partial charge >= 0.3 is 6.18 Å². The minimum atomic E-state index is -5.06. The van der Waals surface area contributed by atoms with Gasteiger partial charge < -0.3 is 19.7 Å². The molecule has 11 heteroatoms. The van der Waals surface area contributed by atoms with Crippen LogP contribution in [0, 0.1) is 6.92 Å². The number of halogens is 3. The van der Waals surface area contributed by atoms with Gasteiger partial charge in [-0.15, -0.1) is 11.3 Å². The first-order valence-electron chi connectivity index (χ1n) is 8.79. The van der Waals surface area contributed by atoms with Gasteiger partial charge in [-0.05, 0) is 31.2 Å². The second kappa shape index (κ2) is 8.44. The van der Waals surface area contributed by atoms with Gasteiger partial charge in [-0.25, -0.2) is 9.97 Å². The lowest BCUT2D eigenvalue weighted by Gasteiger charge is -2.27. The number of alkyl halides is 3. The van der Waals surface area contributed by atoms with Crippen molar-refractivity contribution in [3.8, 4) is 5.75 Å². The van der Waals surface area contributed by atoms with Crippen molar-refractivity contribution >= 4 is 22.9 Å². The van der Waals surface area contributed by atoms with E-state index >= 15 is 0 Å². The highest BCUT2D eigenvalue weighted by Gasteiger charge is 2.58. The average Bonchev–Trinajstić information content (AvgIpc) is 3.28. The number of amides is 1. The fourth-order valence-electron chi connectivity index (χ4n) is 2.60. The predicted octanol–water partition coefficient (Wildman–Crippen LogP) is 3.54. The molecule has 0 aliphatic heterocycles. The lowest BCUT2D eigenvalue weighted by Crippen LogP contribution is -2.45. The molecular formula is C19H19F3N4O3S. The molecule has 3 rings (SSSR count). The van der Waals surface area contributed by atoms with Gasteiger partial charge in [0.15, 0.2) is 0 Å². The maximum Gasteiger partial charge on any atom is 0.424 e. The smallest absolute Gasteiger partial charge is 0.424 e. The van der Waals surface area contributed by atoms with Crippen LogP contribution in [0.4, 0.5) is 18.9 Å². The Morgan fingerprint density at radius 1 is 1.30 bits per heavy atom. The summed E-state index contributed by atoms with van der Waals surface area (Å²) in [6, 6.07) is 6.12. The number of aryl methyl sites for hydroxylation is 2. The molecular weight excluding hydrogens is 421 g/mol. The Bertz CT molecular complexity index is 1020. The topological polar surface area (TPSA) is 89.3 Å². The number of carbonyl (C=O) groups is 1. The van der Waals surface area contributed by atoms with E-state index < -0.39 is 29.1 Å². The summed E-state index contributed by atoms with van der Waals surface area (Å²) in [5.41, 5.74) is -2.76. The van der Waals surface area contributed by atoms with E-state index in [0.717, 1.165) is 5.82 Å². The number of aliphatic hydroxyl groups is 1. The van der Waals surface area contributed by atoms with Crippen molar-refractivity contribution in [1.82, 2.24) is 14.5 Å². The number of ether oxygens (including phenoxy) is 1. The Kier molecular flexibility index (Phi) is 6.13. The Balaban J connectivity index is 1.64. The zero-order chi connectivity index (χ0) is 21.9. The minimum Gasteiger partial charge on any atom is -0.486 e. The second-order valence-electron chi connectivity index (χ2n) is 6.64. The van der Waals surface area contributed by atoms with E-state index in [9.17, 15) is 23.1 Å². The van der Waals surface area contributed by atoms with Crippen molar-refractivity contribution in [2.24, 2.45) is 7.05 Å². The molecule has 3 aromatic rings. The maximum absolute atomic E-state index is 13.5. The number of hydrogen-bond donors (Lipinski definition) is 2. The van der Waals surface area contributed by atoms with Crippen LogP contribution in [0.15, 0.2) is 42.0 Å². The molecule has 1 amide bonds. The number of rotatable bonds is 7. The molecule has 2 heterocycles. The number of imidazole rings is 1. The molecule has 0 aliphatic carbocycles. The average molecular weight is 440 g/mol. The van der Waals surface area contributed by atoms with Crippen LogP contribution in [-0.4, -0.2) is 31.7 Å². The van der Waals surface area contributed by atoms with Crippen molar-refractivity contribution < 1.29 is 27.8 Å². The molecule has 30 heavy (non-hydrogen) atoms. The Morgan fingerprint density at radius 3 is 2.53 bits per heavy atom. The van der Waals surface area contributed by atoms with E-state index in [-0.39, 0.29) is 12.3 Å². The quantitative estimate of drug-likeness (QED) is 0.587. The summed E-state index contributed by atoms with van der Waals surface area (Å²) >= 11 is 0.654. The van der Waals surface area contributed by atoms with E-state index in [1.807, 2.05) is 7.05 Å². The summed E-state index contributed by atoms with van der Waals surface area (Å²) < 4.78 is 47.9. The first kappa shape index (κ1) is 21.8. The van der Waals surface area contributed by atoms with Crippen LogP contribution in [0.3, 0.4) is 0 Å². The number of anilines is 1. The summed E-state index contributed by atoms with van der Waals surface area (Å²) in [6.45, 7) is 1.75. The van der Waals surface area contributed by atoms with E-state index in [1.54, 1.807) is 29.1 Å². The van der Waals surface area contributed by atoms with Crippen LogP contribution in [-0.2, 0) is 24.1 Å². The first-order valence-corrected chi connectivity index (χ1v) is 9.67. The maximum atomic E-state index is 13.5. The number of aromatic nitrogens is 3.